The molecule has 1 aromatic rings. The zero-order valence-electron chi connectivity index (χ0n) is 8.61. The standard InChI is InChI=1S/C11H13ClN2O/c1-8(15)14-7-3-5-10(14)9-4-2-6-13-11(9)12/h2,4,6,10H,3,5,7H2,1H3/t10-/m1/s1. The normalized spacial score (nSPS) is 20.7. The fourth-order valence-electron chi connectivity index (χ4n) is 2.11. The summed E-state index contributed by atoms with van der Waals surface area (Å²) in [6, 6.07) is 3.92. The Bertz CT molecular complexity index is 381. The van der Waals surface area contributed by atoms with Crippen molar-refractivity contribution in [2.75, 3.05) is 6.54 Å². The fraction of sp³-hybridized carbons (Fsp3) is 0.455. The van der Waals surface area contributed by atoms with Crippen LogP contribution in [0.3, 0.4) is 0 Å². The van der Waals surface area contributed by atoms with E-state index in [1.807, 2.05) is 17.0 Å². The smallest absolute Gasteiger partial charge is 0.219 e. The van der Waals surface area contributed by atoms with Crippen molar-refractivity contribution in [1.29, 1.82) is 0 Å². The van der Waals surface area contributed by atoms with E-state index in [9.17, 15) is 4.79 Å². The van der Waals surface area contributed by atoms with Gasteiger partial charge in [0.25, 0.3) is 0 Å². The van der Waals surface area contributed by atoms with Gasteiger partial charge in [0, 0.05) is 25.2 Å². The second kappa shape index (κ2) is 4.19. The maximum absolute atomic E-state index is 11.4. The van der Waals surface area contributed by atoms with Crippen molar-refractivity contribution in [3.63, 3.8) is 0 Å². The van der Waals surface area contributed by atoms with Crippen molar-refractivity contribution >= 4 is 17.5 Å². The van der Waals surface area contributed by atoms with Gasteiger partial charge in [-0.3, -0.25) is 4.79 Å². The number of aromatic nitrogens is 1. The molecule has 0 N–H and O–H groups in total. The van der Waals surface area contributed by atoms with Crippen LogP contribution in [0.2, 0.25) is 5.15 Å². The molecular formula is C11H13ClN2O. The van der Waals surface area contributed by atoms with Gasteiger partial charge in [0.15, 0.2) is 0 Å². The van der Waals surface area contributed by atoms with Crippen LogP contribution in [0.5, 0.6) is 0 Å². The van der Waals surface area contributed by atoms with E-state index < -0.39 is 0 Å². The van der Waals surface area contributed by atoms with Crippen LogP contribution in [0.1, 0.15) is 31.4 Å². The van der Waals surface area contributed by atoms with E-state index >= 15 is 0 Å². The molecule has 2 heterocycles. The third kappa shape index (κ3) is 1.97. The summed E-state index contributed by atoms with van der Waals surface area (Å²) in [5.74, 6) is 0.109. The van der Waals surface area contributed by atoms with Gasteiger partial charge in [0.2, 0.25) is 5.91 Å². The second-order valence-electron chi connectivity index (χ2n) is 3.75. The predicted octanol–water partition coefficient (Wildman–Crippen LogP) is 2.42. The van der Waals surface area contributed by atoms with Crippen LogP contribution in [0.4, 0.5) is 0 Å². The molecule has 0 aliphatic carbocycles. The minimum atomic E-state index is 0.109. The van der Waals surface area contributed by atoms with Crippen molar-refractivity contribution in [2.24, 2.45) is 0 Å². The largest absolute Gasteiger partial charge is 0.336 e. The number of carbonyl (C=O) groups is 1. The fourth-order valence-corrected chi connectivity index (χ4v) is 2.36. The Morgan fingerprint density at radius 2 is 2.47 bits per heavy atom. The van der Waals surface area contributed by atoms with Crippen LogP contribution < -0.4 is 0 Å². The minimum absolute atomic E-state index is 0.109. The maximum atomic E-state index is 11.4. The molecule has 80 valence electrons. The molecule has 0 bridgehead atoms. The number of likely N-dealkylation sites (tertiary alicyclic amines) is 1. The molecule has 1 atom stereocenters. The van der Waals surface area contributed by atoms with E-state index in [0.29, 0.717) is 5.15 Å². The molecule has 3 nitrogen and oxygen atoms in total. The van der Waals surface area contributed by atoms with Gasteiger partial charge < -0.3 is 4.90 Å². The number of hydrogen-bond donors (Lipinski definition) is 0. The Balaban J connectivity index is 2.30. The van der Waals surface area contributed by atoms with Crippen molar-refractivity contribution < 1.29 is 4.79 Å². The highest BCUT2D eigenvalue weighted by molar-refractivity contribution is 6.30. The van der Waals surface area contributed by atoms with Gasteiger partial charge >= 0.3 is 0 Å². The summed E-state index contributed by atoms with van der Waals surface area (Å²) in [6.45, 7) is 2.42. The highest BCUT2D eigenvalue weighted by Gasteiger charge is 2.29. The van der Waals surface area contributed by atoms with E-state index in [-0.39, 0.29) is 11.9 Å². The summed E-state index contributed by atoms with van der Waals surface area (Å²) in [4.78, 5) is 17.3. The molecule has 4 heteroatoms. The van der Waals surface area contributed by atoms with Gasteiger partial charge in [0.05, 0.1) is 6.04 Å². The quantitative estimate of drug-likeness (QED) is 0.687. The van der Waals surface area contributed by atoms with Crippen LogP contribution in [0, 0.1) is 0 Å². The minimum Gasteiger partial charge on any atom is -0.336 e. The first kappa shape index (κ1) is 10.4. The van der Waals surface area contributed by atoms with Crippen LogP contribution in [0.25, 0.3) is 0 Å². The molecule has 1 aliphatic rings. The molecule has 1 fully saturated rings. The number of carbonyl (C=O) groups excluding carboxylic acids is 1. The number of nitrogens with zero attached hydrogens (tertiary/aromatic N) is 2. The number of pyridine rings is 1. The molecule has 0 unspecified atom stereocenters. The summed E-state index contributed by atoms with van der Waals surface area (Å²) in [5.41, 5.74) is 0.965. The maximum Gasteiger partial charge on any atom is 0.219 e. The summed E-state index contributed by atoms with van der Waals surface area (Å²) < 4.78 is 0. The molecule has 0 saturated carbocycles. The molecular weight excluding hydrogens is 212 g/mol. The van der Waals surface area contributed by atoms with E-state index in [1.54, 1.807) is 13.1 Å². The first-order valence-corrected chi connectivity index (χ1v) is 5.45. The van der Waals surface area contributed by atoms with Crippen molar-refractivity contribution in [3.05, 3.63) is 29.0 Å². The van der Waals surface area contributed by atoms with E-state index in [0.717, 1.165) is 24.9 Å². The monoisotopic (exact) mass is 224 g/mol. The van der Waals surface area contributed by atoms with Gasteiger partial charge in [-0.1, -0.05) is 17.7 Å². The van der Waals surface area contributed by atoms with Crippen molar-refractivity contribution in [3.8, 4) is 0 Å². The van der Waals surface area contributed by atoms with Gasteiger partial charge in [-0.25, -0.2) is 4.98 Å². The number of halogens is 1. The Morgan fingerprint density at radius 3 is 3.13 bits per heavy atom. The average Bonchev–Trinajstić information content (AvgIpc) is 2.67. The summed E-state index contributed by atoms with van der Waals surface area (Å²) in [6.07, 6.45) is 3.68. The lowest BCUT2D eigenvalue weighted by Crippen LogP contribution is -2.28. The van der Waals surface area contributed by atoms with Gasteiger partial charge in [-0.05, 0) is 18.9 Å². The van der Waals surface area contributed by atoms with Crippen molar-refractivity contribution in [2.45, 2.75) is 25.8 Å². The number of rotatable bonds is 1. The number of amides is 1. The molecule has 0 aromatic carbocycles. The highest BCUT2D eigenvalue weighted by Crippen LogP contribution is 2.34. The Hall–Kier alpha value is -1.09. The van der Waals surface area contributed by atoms with E-state index in [1.165, 1.54) is 0 Å². The molecule has 1 saturated heterocycles. The third-order valence-electron chi connectivity index (χ3n) is 2.80. The average molecular weight is 225 g/mol. The topological polar surface area (TPSA) is 33.2 Å². The van der Waals surface area contributed by atoms with Crippen LogP contribution in [-0.4, -0.2) is 22.3 Å². The summed E-state index contributed by atoms with van der Waals surface area (Å²) in [7, 11) is 0. The Morgan fingerprint density at radius 1 is 1.67 bits per heavy atom. The van der Waals surface area contributed by atoms with Gasteiger partial charge in [0.1, 0.15) is 5.15 Å². The summed E-state index contributed by atoms with van der Waals surface area (Å²) in [5, 5.41) is 0.510. The van der Waals surface area contributed by atoms with Crippen molar-refractivity contribution in [1.82, 2.24) is 9.88 Å². The highest BCUT2D eigenvalue weighted by atomic mass is 35.5. The molecule has 15 heavy (non-hydrogen) atoms. The Labute approximate surface area is 94.1 Å². The van der Waals surface area contributed by atoms with Crippen LogP contribution in [0.15, 0.2) is 18.3 Å². The Kier molecular flexibility index (Phi) is 2.91. The zero-order chi connectivity index (χ0) is 10.8. The molecule has 1 aliphatic heterocycles. The zero-order valence-corrected chi connectivity index (χ0v) is 9.37. The first-order chi connectivity index (χ1) is 7.20. The second-order valence-corrected chi connectivity index (χ2v) is 4.11. The molecule has 2 rings (SSSR count). The van der Waals surface area contributed by atoms with Crippen LogP contribution in [-0.2, 0) is 4.79 Å². The third-order valence-corrected chi connectivity index (χ3v) is 3.12. The molecule has 0 radical (unpaired) electrons. The lowest BCUT2D eigenvalue weighted by atomic mass is 10.1. The SMILES string of the molecule is CC(=O)N1CCC[C@@H]1c1cccnc1Cl. The first-order valence-electron chi connectivity index (χ1n) is 5.08. The molecule has 1 amide bonds. The lowest BCUT2D eigenvalue weighted by molar-refractivity contribution is -0.129. The summed E-state index contributed by atoms with van der Waals surface area (Å²) >= 11 is 6.03. The van der Waals surface area contributed by atoms with Gasteiger partial charge in [-0.15, -0.1) is 0 Å². The predicted molar refractivity (Wildman–Crippen MR) is 58.6 cm³/mol. The lowest BCUT2D eigenvalue weighted by Gasteiger charge is -2.23. The van der Waals surface area contributed by atoms with Gasteiger partial charge in [-0.2, -0.15) is 0 Å². The molecule has 0 spiro atoms. The molecule has 1 aromatic heterocycles. The number of hydrogen-bond acceptors (Lipinski definition) is 2. The van der Waals surface area contributed by atoms with E-state index in [2.05, 4.69) is 4.98 Å². The van der Waals surface area contributed by atoms with Crippen LogP contribution >= 0.6 is 11.6 Å². The van der Waals surface area contributed by atoms with E-state index in [4.69, 9.17) is 11.6 Å².